The van der Waals surface area contributed by atoms with Crippen molar-refractivity contribution in [3.05, 3.63) is 0 Å². The molecule has 17 heavy (non-hydrogen) atoms. The molecule has 1 aliphatic carbocycles. The molecule has 0 N–H and O–H groups in total. The van der Waals surface area contributed by atoms with Crippen molar-refractivity contribution >= 4 is 5.78 Å². The standard InChI is InChI=1S/C15H28O2/c1-5-12(16)11-17-14-10-8-7-9-13(14)15(3,4)6-2/h13-14H,5-11H2,1-4H3. The van der Waals surface area contributed by atoms with E-state index >= 15 is 0 Å². The van der Waals surface area contributed by atoms with Gasteiger partial charge in [0.25, 0.3) is 0 Å². The van der Waals surface area contributed by atoms with Gasteiger partial charge < -0.3 is 4.74 Å². The van der Waals surface area contributed by atoms with Gasteiger partial charge in [0.15, 0.2) is 5.78 Å². The van der Waals surface area contributed by atoms with Gasteiger partial charge in [-0.3, -0.25) is 4.79 Å². The van der Waals surface area contributed by atoms with E-state index in [0.717, 1.165) is 6.42 Å². The van der Waals surface area contributed by atoms with Crippen LogP contribution in [0.4, 0.5) is 0 Å². The summed E-state index contributed by atoms with van der Waals surface area (Å²) in [5, 5.41) is 0. The summed E-state index contributed by atoms with van der Waals surface area (Å²) in [7, 11) is 0. The molecule has 0 aromatic rings. The Morgan fingerprint density at radius 2 is 1.88 bits per heavy atom. The van der Waals surface area contributed by atoms with E-state index in [0.29, 0.717) is 30.5 Å². The first-order chi connectivity index (χ1) is 8.01. The molecule has 100 valence electrons. The van der Waals surface area contributed by atoms with Crippen LogP contribution in [0.1, 0.15) is 66.2 Å². The lowest BCUT2D eigenvalue weighted by Gasteiger charge is -2.41. The molecule has 0 saturated heterocycles. The molecule has 2 atom stereocenters. The Kier molecular flexibility index (Phi) is 5.64. The summed E-state index contributed by atoms with van der Waals surface area (Å²) < 4.78 is 5.89. The number of hydrogen-bond donors (Lipinski definition) is 0. The largest absolute Gasteiger partial charge is 0.370 e. The van der Waals surface area contributed by atoms with Crippen LogP contribution in [-0.2, 0) is 9.53 Å². The highest BCUT2D eigenvalue weighted by Gasteiger charge is 2.36. The van der Waals surface area contributed by atoms with Gasteiger partial charge in [-0.1, -0.05) is 47.0 Å². The first kappa shape index (κ1) is 14.7. The smallest absolute Gasteiger partial charge is 0.158 e. The Morgan fingerprint density at radius 3 is 2.47 bits per heavy atom. The number of ketones is 1. The average Bonchev–Trinajstić information content (AvgIpc) is 2.36. The van der Waals surface area contributed by atoms with Crippen LogP contribution in [0, 0.1) is 11.3 Å². The van der Waals surface area contributed by atoms with E-state index in [1.165, 1.54) is 25.7 Å². The van der Waals surface area contributed by atoms with Gasteiger partial charge in [-0.05, 0) is 24.2 Å². The second kappa shape index (κ2) is 6.53. The molecule has 0 amide bonds. The third-order valence-corrected chi connectivity index (χ3v) is 4.47. The van der Waals surface area contributed by atoms with Crippen LogP contribution >= 0.6 is 0 Å². The number of rotatable bonds is 6. The molecule has 0 spiro atoms. The normalized spacial score (nSPS) is 25.9. The van der Waals surface area contributed by atoms with Crippen molar-refractivity contribution in [2.24, 2.45) is 11.3 Å². The number of hydrogen-bond acceptors (Lipinski definition) is 2. The van der Waals surface area contributed by atoms with E-state index in [2.05, 4.69) is 20.8 Å². The molecule has 2 nitrogen and oxygen atoms in total. The number of Topliss-reactive ketones (excluding diaryl/α,β-unsaturated/α-hetero) is 1. The maximum atomic E-state index is 11.4. The third kappa shape index (κ3) is 4.09. The van der Waals surface area contributed by atoms with Gasteiger partial charge in [-0.2, -0.15) is 0 Å². The van der Waals surface area contributed by atoms with Gasteiger partial charge >= 0.3 is 0 Å². The lowest BCUT2D eigenvalue weighted by atomic mass is 9.68. The zero-order chi connectivity index (χ0) is 12.9. The van der Waals surface area contributed by atoms with E-state index in [4.69, 9.17) is 4.74 Å². The molecule has 2 unspecified atom stereocenters. The highest BCUT2D eigenvalue weighted by atomic mass is 16.5. The van der Waals surface area contributed by atoms with Crippen LogP contribution in [0.5, 0.6) is 0 Å². The summed E-state index contributed by atoms with van der Waals surface area (Å²) in [6, 6.07) is 0. The summed E-state index contributed by atoms with van der Waals surface area (Å²) >= 11 is 0. The summed E-state index contributed by atoms with van der Waals surface area (Å²) in [4.78, 5) is 11.4. The SMILES string of the molecule is CCC(=O)COC1CCCCC1C(C)(C)CC. The van der Waals surface area contributed by atoms with Crippen molar-refractivity contribution in [2.45, 2.75) is 72.3 Å². The molecule has 0 bridgehead atoms. The predicted molar refractivity (Wildman–Crippen MR) is 71.1 cm³/mol. The van der Waals surface area contributed by atoms with E-state index in [1.54, 1.807) is 0 Å². The fourth-order valence-electron chi connectivity index (χ4n) is 2.75. The predicted octanol–water partition coefficient (Wildman–Crippen LogP) is 3.98. The van der Waals surface area contributed by atoms with Crippen molar-refractivity contribution in [3.63, 3.8) is 0 Å². The van der Waals surface area contributed by atoms with E-state index < -0.39 is 0 Å². The minimum absolute atomic E-state index is 0.226. The van der Waals surface area contributed by atoms with Crippen molar-refractivity contribution < 1.29 is 9.53 Å². The second-order valence-corrected chi connectivity index (χ2v) is 5.97. The molecule has 0 radical (unpaired) electrons. The molecule has 0 aromatic carbocycles. The van der Waals surface area contributed by atoms with Gasteiger partial charge in [-0.25, -0.2) is 0 Å². The fraction of sp³-hybridized carbons (Fsp3) is 0.933. The monoisotopic (exact) mass is 240 g/mol. The molecule has 1 fully saturated rings. The molecule has 1 saturated carbocycles. The Bertz CT molecular complexity index is 245. The first-order valence-corrected chi connectivity index (χ1v) is 7.14. The van der Waals surface area contributed by atoms with Crippen LogP contribution in [0.3, 0.4) is 0 Å². The Hall–Kier alpha value is -0.370. The van der Waals surface area contributed by atoms with E-state index in [1.807, 2.05) is 6.92 Å². The minimum Gasteiger partial charge on any atom is -0.370 e. The van der Waals surface area contributed by atoms with Crippen molar-refractivity contribution in [3.8, 4) is 0 Å². The highest BCUT2D eigenvalue weighted by Crippen LogP contribution is 2.41. The van der Waals surface area contributed by atoms with Crippen molar-refractivity contribution in [1.29, 1.82) is 0 Å². The first-order valence-electron chi connectivity index (χ1n) is 7.14. The minimum atomic E-state index is 0.226. The zero-order valence-electron chi connectivity index (χ0n) is 11.9. The fourth-order valence-corrected chi connectivity index (χ4v) is 2.75. The maximum absolute atomic E-state index is 11.4. The topological polar surface area (TPSA) is 26.3 Å². The summed E-state index contributed by atoms with van der Waals surface area (Å²) in [5.74, 6) is 0.842. The Morgan fingerprint density at radius 1 is 1.24 bits per heavy atom. The number of carbonyl (C=O) groups is 1. The van der Waals surface area contributed by atoms with Gasteiger partial charge in [0.2, 0.25) is 0 Å². The Balaban J connectivity index is 2.57. The molecule has 0 heterocycles. The number of carbonyl (C=O) groups excluding carboxylic acids is 1. The van der Waals surface area contributed by atoms with Crippen LogP contribution in [0.15, 0.2) is 0 Å². The molecular weight excluding hydrogens is 212 g/mol. The number of ether oxygens (including phenoxy) is 1. The molecule has 0 aliphatic heterocycles. The third-order valence-electron chi connectivity index (χ3n) is 4.47. The molecule has 0 aromatic heterocycles. The summed E-state index contributed by atoms with van der Waals surface area (Å²) in [5.41, 5.74) is 0.334. The Labute approximate surface area is 106 Å². The maximum Gasteiger partial charge on any atom is 0.158 e. The van der Waals surface area contributed by atoms with Crippen molar-refractivity contribution in [2.75, 3.05) is 6.61 Å². The van der Waals surface area contributed by atoms with Crippen LogP contribution in [0.2, 0.25) is 0 Å². The summed E-state index contributed by atoms with van der Waals surface area (Å²) in [6.07, 6.45) is 7.02. The molecule has 2 heteroatoms. The lowest BCUT2D eigenvalue weighted by Crippen LogP contribution is -2.38. The highest BCUT2D eigenvalue weighted by molar-refractivity contribution is 5.79. The van der Waals surface area contributed by atoms with Crippen LogP contribution < -0.4 is 0 Å². The van der Waals surface area contributed by atoms with E-state index in [9.17, 15) is 4.79 Å². The zero-order valence-corrected chi connectivity index (χ0v) is 11.9. The molecule has 1 aliphatic rings. The van der Waals surface area contributed by atoms with Gasteiger partial charge in [0.05, 0.1) is 6.10 Å². The van der Waals surface area contributed by atoms with Crippen LogP contribution in [-0.4, -0.2) is 18.5 Å². The molecular formula is C15H28O2. The van der Waals surface area contributed by atoms with E-state index in [-0.39, 0.29) is 5.78 Å². The van der Waals surface area contributed by atoms with Gasteiger partial charge in [0, 0.05) is 6.42 Å². The van der Waals surface area contributed by atoms with Gasteiger partial charge in [-0.15, -0.1) is 0 Å². The van der Waals surface area contributed by atoms with Gasteiger partial charge in [0.1, 0.15) is 6.61 Å². The average molecular weight is 240 g/mol. The van der Waals surface area contributed by atoms with Crippen LogP contribution in [0.25, 0.3) is 0 Å². The lowest BCUT2D eigenvalue weighted by molar-refractivity contribution is -0.129. The molecule has 1 rings (SSSR count). The van der Waals surface area contributed by atoms with Crippen molar-refractivity contribution in [1.82, 2.24) is 0 Å². The summed E-state index contributed by atoms with van der Waals surface area (Å²) in [6.45, 7) is 9.14. The quantitative estimate of drug-likeness (QED) is 0.702. The second-order valence-electron chi connectivity index (χ2n) is 5.97.